The van der Waals surface area contributed by atoms with E-state index < -0.39 is 5.97 Å². The molecule has 0 amide bonds. The van der Waals surface area contributed by atoms with Crippen LogP contribution in [0.15, 0.2) is 47.3 Å². The highest BCUT2D eigenvalue weighted by molar-refractivity contribution is 5.93. The molecule has 1 aromatic heterocycles. The lowest BCUT2D eigenvalue weighted by Gasteiger charge is -2.04. The van der Waals surface area contributed by atoms with Crippen LogP contribution in [0.4, 0.5) is 0 Å². The predicted octanol–water partition coefficient (Wildman–Crippen LogP) is 1.99. The van der Waals surface area contributed by atoms with Crippen LogP contribution in [-0.2, 0) is 0 Å². The van der Waals surface area contributed by atoms with Gasteiger partial charge in [0.05, 0.1) is 16.5 Å². The van der Waals surface area contributed by atoms with Crippen molar-refractivity contribution < 1.29 is 15.0 Å². The molecule has 0 bridgehead atoms. The zero-order valence-corrected chi connectivity index (χ0v) is 10.7. The van der Waals surface area contributed by atoms with Gasteiger partial charge in [-0.2, -0.15) is 0 Å². The second-order valence-electron chi connectivity index (χ2n) is 4.50. The van der Waals surface area contributed by atoms with E-state index in [2.05, 4.69) is 9.97 Å². The third-order valence-corrected chi connectivity index (χ3v) is 3.09. The fraction of sp³-hybridized carbons (Fsp3) is 0. The standard InChI is InChI=1S/C15H10N2O4/c18-10-4-1-8(2-5-10)13-16-12-7-9(15(20)21)3-6-11(12)14(19)17-13/h1-7,18H,(H,20,21)(H,16,17,19). The molecule has 0 unspecified atom stereocenters. The average Bonchev–Trinajstić information content (AvgIpc) is 2.47. The number of hydrogen-bond donors (Lipinski definition) is 3. The van der Waals surface area contributed by atoms with Crippen LogP contribution >= 0.6 is 0 Å². The summed E-state index contributed by atoms with van der Waals surface area (Å²) in [4.78, 5) is 29.9. The molecule has 0 saturated carbocycles. The summed E-state index contributed by atoms with van der Waals surface area (Å²) in [6, 6.07) is 10.3. The first kappa shape index (κ1) is 12.9. The third kappa shape index (κ3) is 2.34. The Morgan fingerprint density at radius 2 is 1.81 bits per heavy atom. The molecule has 0 aliphatic carbocycles. The highest BCUT2D eigenvalue weighted by atomic mass is 16.4. The number of carboxylic acid groups (broad SMARTS) is 1. The molecule has 0 spiro atoms. The fourth-order valence-corrected chi connectivity index (χ4v) is 2.03. The van der Waals surface area contributed by atoms with Gasteiger partial charge < -0.3 is 15.2 Å². The van der Waals surface area contributed by atoms with Gasteiger partial charge in [-0.3, -0.25) is 4.79 Å². The molecule has 1 heterocycles. The molecule has 104 valence electrons. The SMILES string of the molecule is O=C(O)c1ccc2c(=O)[nH]c(-c3ccc(O)cc3)nc2c1. The molecule has 0 aliphatic rings. The van der Waals surface area contributed by atoms with Crippen LogP contribution in [0, 0.1) is 0 Å². The van der Waals surface area contributed by atoms with Crippen molar-refractivity contribution in [2.45, 2.75) is 0 Å². The maximum absolute atomic E-state index is 12.0. The summed E-state index contributed by atoms with van der Waals surface area (Å²) >= 11 is 0. The van der Waals surface area contributed by atoms with Crippen molar-refractivity contribution in [2.75, 3.05) is 0 Å². The van der Waals surface area contributed by atoms with E-state index in [-0.39, 0.29) is 16.9 Å². The topological polar surface area (TPSA) is 103 Å². The molecular formula is C15H10N2O4. The van der Waals surface area contributed by atoms with Crippen LogP contribution in [-0.4, -0.2) is 26.2 Å². The molecule has 6 heteroatoms. The summed E-state index contributed by atoms with van der Waals surface area (Å²) in [6.45, 7) is 0. The van der Waals surface area contributed by atoms with Gasteiger partial charge in [0.1, 0.15) is 11.6 Å². The van der Waals surface area contributed by atoms with E-state index in [0.29, 0.717) is 22.3 Å². The number of phenolic OH excluding ortho intramolecular Hbond substituents is 1. The molecule has 0 fully saturated rings. The summed E-state index contributed by atoms with van der Waals surface area (Å²) in [6.07, 6.45) is 0. The summed E-state index contributed by atoms with van der Waals surface area (Å²) in [5.74, 6) is -0.657. The minimum absolute atomic E-state index is 0.0669. The number of rotatable bonds is 2. The van der Waals surface area contributed by atoms with Gasteiger partial charge in [0.15, 0.2) is 0 Å². The van der Waals surface area contributed by atoms with Crippen molar-refractivity contribution in [1.29, 1.82) is 0 Å². The molecule has 0 radical (unpaired) electrons. The number of aromatic amines is 1. The van der Waals surface area contributed by atoms with Gasteiger partial charge in [0, 0.05) is 5.56 Å². The Morgan fingerprint density at radius 1 is 1.10 bits per heavy atom. The van der Waals surface area contributed by atoms with Crippen molar-refractivity contribution in [2.24, 2.45) is 0 Å². The monoisotopic (exact) mass is 282 g/mol. The summed E-state index contributed by atoms with van der Waals surface area (Å²) in [5, 5.41) is 18.6. The summed E-state index contributed by atoms with van der Waals surface area (Å²) < 4.78 is 0. The van der Waals surface area contributed by atoms with Crippen LogP contribution < -0.4 is 5.56 Å². The lowest BCUT2D eigenvalue weighted by atomic mass is 10.1. The number of aromatic nitrogens is 2. The van der Waals surface area contributed by atoms with E-state index in [9.17, 15) is 14.7 Å². The van der Waals surface area contributed by atoms with Crippen molar-refractivity contribution in [3.63, 3.8) is 0 Å². The van der Waals surface area contributed by atoms with Crippen LogP contribution in [0.5, 0.6) is 5.75 Å². The molecule has 3 rings (SSSR count). The Hall–Kier alpha value is -3.15. The lowest BCUT2D eigenvalue weighted by molar-refractivity contribution is 0.0697. The number of carbonyl (C=O) groups is 1. The predicted molar refractivity (Wildman–Crippen MR) is 76.4 cm³/mol. The number of aromatic carboxylic acids is 1. The van der Waals surface area contributed by atoms with Crippen molar-refractivity contribution in [3.05, 3.63) is 58.4 Å². The smallest absolute Gasteiger partial charge is 0.335 e. The van der Waals surface area contributed by atoms with Crippen LogP contribution in [0.1, 0.15) is 10.4 Å². The highest BCUT2D eigenvalue weighted by Crippen LogP contribution is 2.19. The third-order valence-electron chi connectivity index (χ3n) is 3.09. The molecule has 2 aromatic carbocycles. The first-order valence-electron chi connectivity index (χ1n) is 6.11. The van der Waals surface area contributed by atoms with E-state index in [4.69, 9.17) is 5.11 Å². The van der Waals surface area contributed by atoms with Crippen LogP contribution in [0.2, 0.25) is 0 Å². The maximum atomic E-state index is 12.0. The van der Waals surface area contributed by atoms with Gasteiger partial charge >= 0.3 is 5.97 Å². The van der Waals surface area contributed by atoms with Crippen molar-refractivity contribution >= 4 is 16.9 Å². The number of hydrogen-bond acceptors (Lipinski definition) is 4. The van der Waals surface area contributed by atoms with Gasteiger partial charge in [-0.05, 0) is 42.5 Å². The Labute approximate surface area is 118 Å². The second kappa shape index (κ2) is 4.75. The zero-order chi connectivity index (χ0) is 15.0. The van der Waals surface area contributed by atoms with Crippen molar-refractivity contribution in [3.8, 4) is 17.1 Å². The minimum Gasteiger partial charge on any atom is -0.508 e. The van der Waals surface area contributed by atoms with E-state index in [1.54, 1.807) is 12.1 Å². The molecule has 21 heavy (non-hydrogen) atoms. The molecule has 6 nitrogen and oxygen atoms in total. The largest absolute Gasteiger partial charge is 0.508 e. The van der Waals surface area contributed by atoms with Gasteiger partial charge in [0.25, 0.3) is 5.56 Å². The van der Waals surface area contributed by atoms with Crippen LogP contribution in [0.3, 0.4) is 0 Å². The maximum Gasteiger partial charge on any atom is 0.335 e. The fourth-order valence-electron chi connectivity index (χ4n) is 2.03. The Morgan fingerprint density at radius 3 is 2.48 bits per heavy atom. The van der Waals surface area contributed by atoms with E-state index >= 15 is 0 Å². The van der Waals surface area contributed by atoms with Gasteiger partial charge in [-0.1, -0.05) is 0 Å². The Balaban J connectivity index is 2.23. The summed E-state index contributed by atoms with van der Waals surface area (Å²) in [7, 11) is 0. The minimum atomic E-state index is -1.08. The number of phenols is 1. The molecule has 0 saturated heterocycles. The number of H-pyrrole nitrogens is 1. The molecule has 3 N–H and O–H groups in total. The Kier molecular flexibility index (Phi) is 2.91. The van der Waals surface area contributed by atoms with E-state index in [0.717, 1.165) is 0 Å². The number of carboxylic acids is 1. The lowest BCUT2D eigenvalue weighted by Crippen LogP contribution is -2.10. The second-order valence-corrected chi connectivity index (χ2v) is 4.50. The normalized spacial score (nSPS) is 10.7. The number of nitrogens with zero attached hydrogens (tertiary/aromatic N) is 1. The van der Waals surface area contributed by atoms with Gasteiger partial charge in [0.2, 0.25) is 0 Å². The van der Waals surface area contributed by atoms with Gasteiger partial charge in [-0.25, -0.2) is 9.78 Å². The van der Waals surface area contributed by atoms with E-state index in [1.165, 1.54) is 30.3 Å². The average molecular weight is 282 g/mol. The summed E-state index contributed by atoms with van der Waals surface area (Å²) in [5.41, 5.74) is 0.645. The van der Waals surface area contributed by atoms with Crippen molar-refractivity contribution in [1.82, 2.24) is 9.97 Å². The van der Waals surface area contributed by atoms with Gasteiger partial charge in [-0.15, -0.1) is 0 Å². The van der Waals surface area contributed by atoms with E-state index in [1.807, 2.05) is 0 Å². The number of fused-ring (bicyclic) bond motifs is 1. The molecule has 0 atom stereocenters. The number of nitrogens with one attached hydrogen (secondary N) is 1. The zero-order valence-electron chi connectivity index (χ0n) is 10.7. The van der Waals surface area contributed by atoms with Crippen LogP contribution in [0.25, 0.3) is 22.3 Å². The Bertz CT molecular complexity index is 898. The first-order chi connectivity index (χ1) is 10.0. The highest BCUT2D eigenvalue weighted by Gasteiger charge is 2.09. The first-order valence-corrected chi connectivity index (χ1v) is 6.11. The quantitative estimate of drug-likeness (QED) is 0.667. The number of benzene rings is 2. The molecule has 0 aliphatic heterocycles. The molecular weight excluding hydrogens is 272 g/mol. The molecule has 3 aromatic rings. The number of aromatic hydroxyl groups is 1.